The molecule has 1 N–H and O–H groups in total. The lowest BCUT2D eigenvalue weighted by Gasteiger charge is -2.32. The van der Waals surface area contributed by atoms with Gasteiger partial charge < -0.3 is 19.9 Å². The van der Waals surface area contributed by atoms with Gasteiger partial charge in [0.05, 0.1) is 24.5 Å². The molecular formula is C17H25N5O3. The fourth-order valence-electron chi connectivity index (χ4n) is 3.05. The molecule has 0 spiro atoms. The second kappa shape index (κ2) is 8.77. The summed E-state index contributed by atoms with van der Waals surface area (Å²) in [6, 6.07) is 1.85. The van der Waals surface area contributed by atoms with E-state index in [4.69, 9.17) is 4.74 Å². The van der Waals surface area contributed by atoms with Crippen molar-refractivity contribution in [2.24, 2.45) is 0 Å². The average Bonchev–Trinajstić information content (AvgIpc) is 2.68. The van der Waals surface area contributed by atoms with Crippen LogP contribution in [-0.4, -0.2) is 97.6 Å². The van der Waals surface area contributed by atoms with Crippen molar-refractivity contribution in [3.63, 3.8) is 0 Å². The molecule has 0 aliphatic carbocycles. The molecule has 136 valence electrons. The van der Waals surface area contributed by atoms with Crippen molar-refractivity contribution in [3.05, 3.63) is 24.0 Å². The van der Waals surface area contributed by atoms with Gasteiger partial charge in [-0.2, -0.15) is 0 Å². The molecule has 0 atom stereocenters. The maximum atomic E-state index is 12.6. The van der Waals surface area contributed by atoms with Crippen LogP contribution in [0.15, 0.2) is 18.5 Å². The van der Waals surface area contributed by atoms with Crippen molar-refractivity contribution in [2.45, 2.75) is 0 Å². The van der Waals surface area contributed by atoms with E-state index in [0.717, 1.165) is 51.5 Å². The van der Waals surface area contributed by atoms with Gasteiger partial charge in [-0.3, -0.25) is 19.5 Å². The Labute approximate surface area is 147 Å². The molecule has 8 nitrogen and oxygen atoms in total. The zero-order valence-corrected chi connectivity index (χ0v) is 14.4. The minimum atomic E-state index is -0.0325. The minimum absolute atomic E-state index is 0.0325. The van der Waals surface area contributed by atoms with Gasteiger partial charge in [0, 0.05) is 64.8 Å². The van der Waals surface area contributed by atoms with Crippen molar-refractivity contribution < 1.29 is 14.3 Å². The third kappa shape index (κ3) is 4.90. The second-order valence-electron chi connectivity index (χ2n) is 6.28. The molecular weight excluding hydrogens is 322 g/mol. The smallest absolute Gasteiger partial charge is 0.255 e. The van der Waals surface area contributed by atoms with Gasteiger partial charge in [-0.15, -0.1) is 0 Å². The third-order valence-corrected chi connectivity index (χ3v) is 4.60. The molecule has 25 heavy (non-hydrogen) atoms. The molecule has 3 rings (SSSR count). The van der Waals surface area contributed by atoms with Gasteiger partial charge in [0.25, 0.3) is 5.91 Å². The number of carbonyl (C=O) groups excluding carboxylic acids is 2. The van der Waals surface area contributed by atoms with Crippen LogP contribution in [0.3, 0.4) is 0 Å². The molecule has 0 bridgehead atoms. The number of morpholine rings is 1. The lowest BCUT2D eigenvalue weighted by molar-refractivity contribution is -0.119. The van der Waals surface area contributed by atoms with Crippen molar-refractivity contribution in [1.82, 2.24) is 19.7 Å². The van der Waals surface area contributed by atoms with Crippen molar-refractivity contribution in [3.8, 4) is 0 Å². The summed E-state index contributed by atoms with van der Waals surface area (Å²) in [7, 11) is 0. The Kier molecular flexibility index (Phi) is 6.19. The Morgan fingerprint density at radius 1 is 1.16 bits per heavy atom. The molecule has 1 aromatic heterocycles. The maximum absolute atomic E-state index is 12.6. The van der Waals surface area contributed by atoms with Crippen LogP contribution >= 0.6 is 0 Å². The Balaban J connectivity index is 1.50. The van der Waals surface area contributed by atoms with Crippen LogP contribution in [0, 0.1) is 0 Å². The molecule has 0 saturated carbocycles. The van der Waals surface area contributed by atoms with Crippen molar-refractivity contribution in [1.29, 1.82) is 0 Å². The number of ether oxygens (including phenoxy) is 1. The van der Waals surface area contributed by atoms with Crippen LogP contribution in [-0.2, 0) is 9.53 Å². The first kappa shape index (κ1) is 17.6. The average molecular weight is 347 g/mol. The van der Waals surface area contributed by atoms with E-state index in [0.29, 0.717) is 31.7 Å². The van der Waals surface area contributed by atoms with E-state index in [9.17, 15) is 9.59 Å². The van der Waals surface area contributed by atoms with E-state index in [1.165, 1.54) is 0 Å². The van der Waals surface area contributed by atoms with Crippen LogP contribution in [0.4, 0.5) is 5.69 Å². The van der Waals surface area contributed by atoms with Crippen LogP contribution in [0.2, 0.25) is 0 Å². The van der Waals surface area contributed by atoms with Gasteiger partial charge in [-0.25, -0.2) is 0 Å². The zero-order chi connectivity index (χ0) is 17.5. The first-order chi connectivity index (χ1) is 12.3. The van der Waals surface area contributed by atoms with Gasteiger partial charge >= 0.3 is 0 Å². The van der Waals surface area contributed by atoms with Crippen molar-refractivity contribution >= 4 is 18.0 Å². The zero-order valence-electron chi connectivity index (χ0n) is 14.4. The molecule has 2 aliphatic heterocycles. The number of carbonyl (C=O) groups is 2. The summed E-state index contributed by atoms with van der Waals surface area (Å²) in [6.45, 7) is 7.55. The first-order valence-corrected chi connectivity index (χ1v) is 8.74. The van der Waals surface area contributed by atoms with Gasteiger partial charge in [0.15, 0.2) is 0 Å². The standard InChI is InChI=1S/C17H25N5O3/c23-14-21-3-5-22(6-4-21)17(24)15-11-16(13-18-12-15)19-1-2-20-7-9-25-10-8-20/h11-14,19H,1-10H2. The van der Waals surface area contributed by atoms with Gasteiger partial charge in [0.1, 0.15) is 0 Å². The predicted molar refractivity (Wildman–Crippen MR) is 93.5 cm³/mol. The Hall–Kier alpha value is -2.19. The summed E-state index contributed by atoms with van der Waals surface area (Å²) in [5.74, 6) is -0.0325. The summed E-state index contributed by atoms with van der Waals surface area (Å²) in [6.07, 6.45) is 4.17. The molecule has 3 heterocycles. The number of amides is 2. The second-order valence-corrected chi connectivity index (χ2v) is 6.28. The molecule has 2 amide bonds. The number of anilines is 1. The molecule has 8 heteroatoms. The number of nitrogens with zero attached hydrogens (tertiary/aromatic N) is 4. The third-order valence-electron chi connectivity index (χ3n) is 4.60. The minimum Gasteiger partial charge on any atom is -0.382 e. The lowest BCUT2D eigenvalue weighted by Crippen LogP contribution is -2.48. The molecule has 0 radical (unpaired) electrons. The molecule has 2 saturated heterocycles. The number of rotatable bonds is 6. The Bertz CT molecular complexity index is 583. The maximum Gasteiger partial charge on any atom is 0.255 e. The number of hydrogen-bond donors (Lipinski definition) is 1. The van der Waals surface area contributed by atoms with E-state index in [1.54, 1.807) is 22.2 Å². The van der Waals surface area contributed by atoms with Gasteiger partial charge in [-0.1, -0.05) is 0 Å². The van der Waals surface area contributed by atoms with E-state index in [1.807, 2.05) is 6.07 Å². The molecule has 0 aromatic carbocycles. The molecule has 2 aliphatic rings. The first-order valence-electron chi connectivity index (χ1n) is 8.74. The highest BCUT2D eigenvalue weighted by Gasteiger charge is 2.21. The van der Waals surface area contributed by atoms with Crippen molar-refractivity contribution in [2.75, 3.05) is 70.9 Å². The summed E-state index contributed by atoms with van der Waals surface area (Å²) in [5.41, 5.74) is 1.43. The van der Waals surface area contributed by atoms with Crippen LogP contribution in [0.25, 0.3) is 0 Å². The van der Waals surface area contributed by atoms with Crippen LogP contribution < -0.4 is 5.32 Å². The fraction of sp³-hybridized carbons (Fsp3) is 0.588. The lowest BCUT2D eigenvalue weighted by atomic mass is 10.2. The number of nitrogens with one attached hydrogen (secondary N) is 1. The number of pyridine rings is 1. The Morgan fingerprint density at radius 3 is 2.64 bits per heavy atom. The monoisotopic (exact) mass is 347 g/mol. The normalized spacial score (nSPS) is 18.9. The highest BCUT2D eigenvalue weighted by molar-refractivity contribution is 5.94. The van der Waals surface area contributed by atoms with E-state index in [-0.39, 0.29) is 5.91 Å². The van der Waals surface area contributed by atoms with Gasteiger partial charge in [0.2, 0.25) is 6.41 Å². The summed E-state index contributed by atoms with van der Waals surface area (Å²) >= 11 is 0. The largest absolute Gasteiger partial charge is 0.382 e. The predicted octanol–water partition coefficient (Wildman–Crippen LogP) is -0.260. The van der Waals surface area contributed by atoms with E-state index >= 15 is 0 Å². The summed E-state index contributed by atoms with van der Waals surface area (Å²) < 4.78 is 5.34. The number of piperazine rings is 1. The SMILES string of the molecule is O=CN1CCN(C(=O)c2cncc(NCCN3CCOCC3)c2)CC1. The van der Waals surface area contributed by atoms with E-state index < -0.39 is 0 Å². The van der Waals surface area contributed by atoms with Crippen LogP contribution in [0.5, 0.6) is 0 Å². The van der Waals surface area contributed by atoms with Gasteiger partial charge in [-0.05, 0) is 6.07 Å². The summed E-state index contributed by atoms with van der Waals surface area (Å²) in [4.78, 5) is 33.4. The quantitative estimate of drug-likeness (QED) is 0.715. The number of aromatic nitrogens is 1. The highest BCUT2D eigenvalue weighted by Crippen LogP contribution is 2.12. The van der Waals surface area contributed by atoms with E-state index in [2.05, 4.69) is 15.2 Å². The molecule has 2 fully saturated rings. The molecule has 1 aromatic rings. The fourth-order valence-corrected chi connectivity index (χ4v) is 3.05. The number of hydrogen-bond acceptors (Lipinski definition) is 6. The summed E-state index contributed by atoms with van der Waals surface area (Å²) in [5, 5.41) is 3.34. The van der Waals surface area contributed by atoms with Crippen LogP contribution in [0.1, 0.15) is 10.4 Å². The topological polar surface area (TPSA) is 78.0 Å². The Morgan fingerprint density at radius 2 is 1.92 bits per heavy atom. The molecule has 0 unspecified atom stereocenters. The highest BCUT2D eigenvalue weighted by atomic mass is 16.5.